The van der Waals surface area contributed by atoms with E-state index < -0.39 is 0 Å². The predicted octanol–water partition coefficient (Wildman–Crippen LogP) is 2.76. The van der Waals surface area contributed by atoms with Gasteiger partial charge >= 0.3 is 0 Å². The minimum Gasteiger partial charge on any atom is -0.352 e. The molecule has 0 saturated heterocycles. The maximum atomic E-state index is 12.1. The van der Waals surface area contributed by atoms with Gasteiger partial charge in [-0.25, -0.2) is 0 Å². The second-order valence-corrected chi connectivity index (χ2v) is 7.24. The summed E-state index contributed by atoms with van der Waals surface area (Å²) in [6.45, 7) is 6.82. The first-order valence-electron chi connectivity index (χ1n) is 8.49. The molecular formula is C20H28N4O. The highest BCUT2D eigenvalue weighted by molar-refractivity contribution is 5.87. The van der Waals surface area contributed by atoms with Crippen LogP contribution in [0.1, 0.15) is 26.3 Å². The van der Waals surface area contributed by atoms with Gasteiger partial charge in [0.2, 0.25) is 5.91 Å². The molecule has 2 aromatic rings. The number of amides is 1. The third-order valence-electron chi connectivity index (χ3n) is 3.73. The van der Waals surface area contributed by atoms with Crippen molar-refractivity contribution in [2.45, 2.75) is 32.9 Å². The van der Waals surface area contributed by atoms with Gasteiger partial charge in [0.05, 0.1) is 6.54 Å². The number of carbonyl (C=O) groups excluding carboxylic acids is 1. The number of nitrogens with one attached hydrogen (secondary N) is 2. The van der Waals surface area contributed by atoms with Crippen molar-refractivity contribution in [1.82, 2.24) is 15.5 Å². The zero-order chi connectivity index (χ0) is 18.4. The van der Waals surface area contributed by atoms with E-state index >= 15 is 0 Å². The highest BCUT2D eigenvalue weighted by Gasteiger charge is 2.16. The Bertz CT molecular complexity index is 762. The van der Waals surface area contributed by atoms with E-state index in [9.17, 15) is 4.79 Å². The van der Waals surface area contributed by atoms with Crippen molar-refractivity contribution >= 4 is 22.6 Å². The Hall–Kier alpha value is -2.56. The zero-order valence-electron chi connectivity index (χ0n) is 15.8. The van der Waals surface area contributed by atoms with Crippen LogP contribution >= 0.6 is 0 Å². The molecule has 0 aromatic heterocycles. The minimum atomic E-state index is -0.236. The molecule has 5 heteroatoms. The van der Waals surface area contributed by atoms with Gasteiger partial charge in [0.15, 0.2) is 5.96 Å². The molecule has 0 aliphatic carbocycles. The quantitative estimate of drug-likeness (QED) is 0.665. The summed E-state index contributed by atoms with van der Waals surface area (Å²) in [4.78, 5) is 18.2. The lowest BCUT2D eigenvalue weighted by atomic mass is 10.1. The van der Waals surface area contributed by atoms with E-state index in [0.717, 1.165) is 0 Å². The van der Waals surface area contributed by atoms with Crippen LogP contribution in [0.4, 0.5) is 0 Å². The van der Waals surface area contributed by atoms with Gasteiger partial charge in [0.1, 0.15) is 0 Å². The summed E-state index contributed by atoms with van der Waals surface area (Å²) in [7, 11) is 3.58. The summed E-state index contributed by atoms with van der Waals surface area (Å²) in [5.74, 6) is 0.667. The molecule has 0 fully saturated rings. The Morgan fingerprint density at radius 2 is 1.80 bits per heavy atom. The van der Waals surface area contributed by atoms with Crippen molar-refractivity contribution in [2.24, 2.45) is 4.99 Å². The highest BCUT2D eigenvalue weighted by Crippen LogP contribution is 2.15. The lowest BCUT2D eigenvalue weighted by Crippen LogP contribution is -2.48. The number of aliphatic imine (C=N–C) groups is 1. The summed E-state index contributed by atoms with van der Waals surface area (Å²) < 4.78 is 0. The van der Waals surface area contributed by atoms with E-state index in [1.807, 2.05) is 44.9 Å². The smallest absolute Gasteiger partial charge is 0.240 e. The van der Waals surface area contributed by atoms with Crippen LogP contribution in [0.25, 0.3) is 10.8 Å². The molecule has 0 radical (unpaired) electrons. The van der Waals surface area contributed by atoms with Gasteiger partial charge in [-0.2, -0.15) is 0 Å². The molecule has 5 nitrogen and oxygen atoms in total. The number of fused-ring (bicyclic) bond motifs is 1. The lowest BCUT2D eigenvalue weighted by Gasteiger charge is -2.25. The number of guanidine groups is 1. The standard InChI is InChI=1S/C20H28N4O/c1-20(2,3)23-18(25)14-24(5)19(21-4)22-13-15-10-11-16-8-6-7-9-17(16)12-15/h6-12H,13-14H2,1-5H3,(H,21,22)(H,23,25). The number of hydrogen-bond acceptors (Lipinski definition) is 2. The minimum absolute atomic E-state index is 0.0244. The van der Waals surface area contributed by atoms with Crippen molar-refractivity contribution in [3.8, 4) is 0 Å². The van der Waals surface area contributed by atoms with Gasteiger partial charge in [-0.05, 0) is 43.2 Å². The Morgan fingerprint density at radius 1 is 1.12 bits per heavy atom. The molecule has 134 valence electrons. The van der Waals surface area contributed by atoms with Crippen molar-refractivity contribution < 1.29 is 4.79 Å². The maximum absolute atomic E-state index is 12.1. The molecule has 0 saturated carbocycles. The van der Waals surface area contributed by atoms with Gasteiger partial charge in [-0.1, -0.05) is 36.4 Å². The summed E-state index contributed by atoms with van der Waals surface area (Å²) in [5, 5.41) is 8.72. The molecular weight excluding hydrogens is 312 g/mol. The molecule has 0 aliphatic rings. The van der Waals surface area contributed by atoms with Crippen molar-refractivity contribution in [1.29, 1.82) is 0 Å². The Morgan fingerprint density at radius 3 is 2.44 bits per heavy atom. The number of likely N-dealkylation sites (N-methyl/N-ethyl adjacent to an activating group) is 1. The largest absolute Gasteiger partial charge is 0.352 e. The molecule has 0 heterocycles. The van der Waals surface area contributed by atoms with E-state index in [1.54, 1.807) is 7.05 Å². The summed E-state index contributed by atoms with van der Waals surface area (Å²) in [6.07, 6.45) is 0. The van der Waals surface area contributed by atoms with Crippen LogP contribution in [0.3, 0.4) is 0 Å². The van der Waals surface area contributed by atoms with Crippen LogP contribution in [0.2, 0.25) is 0 Å². The van der Waals surface area contributed by atoms with Crippen LogP contribution in [-0.4, -0.2) is 42.9 Å². The molecule has 1 amide bonds. The Kier molecular flexibility index (Phi) is 6.02. The second kappa shape index (κ2) is 8.01. The fourth-order valence-corrected chi connectivity index (χ4v) is 2.66. The van der Waals surface area contributed by atoms with Gasteiger partial charge in [-0.3, -0.25) is 9.79 Å². The predicted molar refractivity (Wildman–Crippen MR) is 105 cm³/mol. The SMILES string of the molecule is CN=C(NCc1ccc2ccccc2c1)N(C)CC(=O)NC(C)(C)C. The molecule has 0 spiro atoms. The topological polar surface area (TPSA) is 56.7 Å². The average Bonchev–Trinajstić information content (AvgIpc) is 2.53. The van der Waals surface area contributed by atoms with Crippen molar-refractivity contribution in [3.05, 3.63) is 48.0 Å². The normalized spacial score (nSPS) is 12.1. The second-order valence-electron chi connectivity index (χ2n) is 7.24. The fraction of sp³-hybridized carbons (Fsp3) is 0.400. The van der Waals surface area contributed by atoms with Gasteiger partial charge in [0, 0.05) is 26.2 Å². The van der Waals surface area contributed by atoms with Crippen LogP contribution in [-0.2, 0) is 11.3 Å². The Balaban J connectivity index is 1.95. The van der Waals surface area contributed by atoms with E-state index in [2.05, 4.69) is 46.0 Å². The summed E-state index contributed by atoms with van der Waals surface area (Å²) in [6, 6.07) is 14.7. The van der Waals surface area contributed by atoms with Gasteiger partial charge < -0.3 is 15.5 Å². The first-order chi connectivity index (χ1) is 11.8. The molecule has 0 bridgehead atoms. The fourth-order valence-electron chi connectivity index (χ4n) is 2.66. The number of carbonyl (C=O) groups is 1. The molecule has 25 heavy (non-hydrogen) atoms. The maximum Gasteiger partial charge on any atom is 0.240 e. The molecule has 2 N–H and O–H groups in total. The van der Waals surface area contributed by atoms with Gasteiger partial charge in [0.25, 0.3) is 0 Å². The first-order valence-corrected chi connectivity index (χ1v) is 8.49. The molecule has 2 aromatic carbocycles. The van der Waals surface area contributed by atoms with E-state index in [-0.39, 0.29) is 18.0 Å². The molecule has 0 atom stereocenters. The lowest BCUT2D eigenvalue weighted by molar-refractivity contribution is -0.122. The first kappa shape index (κ1) is 18.8. The molecule has 2 rings (SSSR count). The van der Waals surface area contributed by atoms with Crippen molar-refractivity contribution in [3.63, 3.8) is 0 Å². The average molecular weight is 340 g/mol. The third-order valence-corrected chi connectivity index (χ3v) is 3.73. The highest BCUT2D eigenvalue weighted by atomic mass is 16.2. The number of nitrogens with zero attached hydrogens (tertiary/aromatic N) is 2. The van der Waals surface area contributed by atoms with E-state index in [0.29, 0.717) is 12.5 Å². The third kappa shape index (κ3) is 5.78. The zero-order valence-corrected chi connectivity index (χ0v) is 15.8. The van der Waals surface area contributed by atoms with Crippen LogP contribution < -0.4 is 10.6 Å². The number of hydrogen-bond donors (Lipinski definition) is 2. The molecule has 0 aliphatic heterocycles. The van der Waals surface area contributed by atoms with E-state index in [4.69, 9.17) is 0 Å². The van der Waals surface area contributed by atoms with E-state index in [1.165, 1.54) is 16.3 Å². The van der Waals surface area contributed by atoms with Crippen LogP contribution in [0, 0.1) is 0 Å². The monoisotopic (exact) mass is 340 g/mol. The number of rotatable bonds is 4. The van der Waals surface area contributed by atoms with Gasteiger partial charge in [-0.15, -0.1) is 0 Å². The Labute approximate surface area is 150 Å². The van der Waals surface area contributed by atoms with Crippen LogP contribution in [0.5, 0.6) is 0 Å². The summed E-state index contributed by atoms with van der Waals surface area (Å²) in [5.41, 5.74) is 0.937. The summed E-state index contributed by atoms with van der Waals surface area (Å²) >= 11 is 0. The van der Waals surface area contributed by atoms with Crippen molar-refractivity contribution in [2.75, 3.05) is 20.6 Å². The van der Waals surface area contributed by atoms with Crippen LogP contribution in [0.15, 0.2) is 47.5 Å². The molecule has 0 unspecified atom stereocenters. The number of benzene rings is 2.